The van der Waals surface area contributed by atoms with Gasteiger partial charge in [-0.05, 0) is 97.0 Å². The molecule has 1 aromatic carbocycles. The summed E-state index contributed by atoms with van der Waals surface area (Å²) in [6, 6.07) is 8.48. The summed E-state index contributed by atoms with van der Waals surface area (Å²) < 4.78 is 3.44. The van der Waals surface area contributed by atoms with Crippen LogP contribution in [0.1, 0.15) is 22.5 Å². The SMILES string of the molecule is Cc1cc(-n2c(C)cc(C=C3NC(=S)NC3=O)c2C)ccc1I. The van der Waals surface area contributed by atoms with Crippen LogP contribution in [-0.2, 0) is 4.79 Å². The van der Waals surface area contributed by atoms with Gasteiger partial charge >= 0.3 is 0 Å². The number of nitrogens with one attached hydrogen (secondary N) is 2. The van der Waals surface area contributed by atoms with Crippen LogP contribution in [0.5, 0.6) is 0 Å². The maximum atomic E-state index is 11.8. The topological polar surface area (TPSA) is 46.1 Å². The van der Waals surface area contributed by atoms with Crippen molar-refractivity contribution in [2.75, 3.05) is 0 Å². The second kappa shape index (κ2) is 6.09. The smallest absolute Gasteiger partial charge is 0.273 e. The lowest BCUT2D eigenvalue weighted by Gasteiger charge is -2.11. The van der Waals surface area contributed by atoms with Gasteiger partial charge in [-0.2, -0.15) is 0 Å². The van der Waals surface area contributed by atoms with Gasteiger partial charge in [-0.15, -0.1) is 0 Å². The van der Waals surface area contributed by atoms with Crippen molar-refractivity contribution in [1.29, 1.82) is 0 Å². The van der Waals surface area contributed by atoms with Gasteiger partial charge < -0.3 is 9.88 Å². The molecule has 0 spiro atoms. The molecule has 0 bridgehead atoms. The van der Waals surface area contributed by atoms with Gasteiger partial charge in [-0.3, -0.25) is 10.1 Å². The Bertz CT molecular complexity index is 867. The summed E-state index contributed by atoms with van der Waals surface area (Å²) in [4.78, 5) is 11.8. The van der Waals surface area contributed by atoms with E-state index in [1.807, 2.05) is 6.08 Å². The average molecular weight is 437 g/mol. The fourth-order valence-corrected chi connectivity index (χ4v) is 3.28. The standard InChI is InChI=1S/C17H16IN3OS/c1-9-6-13(4-5-14(9)18)21-10(2)7-12(11(21)3)8-15-16(22)20-17(23)19-15/h4-8H,1-3H3,(H2,19,20,22,23). The first-order valence-electron chi connectivity index (χ1n) is 7.16. The molecule has 2 N–H and O–H groups in total. The number of hydrogen-bond donors (Lipinski definition) is 2. The molecule has 1 amide bonds. The number of aromatic nitrogens is 1. The highest BCUT2D eigenvalue weighted by atomic mass is 127. The van der Waals surface area contributed by atoms with E-state index in [-0.39, 0.29) is 5.91 Å². The van der Waals surface area contributed by atoms with Crippen molar-refractivity contribution in [3.8, 4) is 5.69 Å². The van der Waals surface area contributed by atoms with Gasteiger partial charge in [0.2, 0.25) is 0 Å². The zero-order valence-corrected chi connectivity index (χ0v) is 16.0. The summed E-state index contributed by atoms with van der Waals surface area (Å²) in [5, 5.41) is 5.82. The second-order valence-corrected chi connectivity index (χ2v) is 7.13. The average Bonchev–Trinajstić information content (AvgIpc) is 2.93. The van der Waals surface area contributed by atoms with Gasteiger partial charge in [-0.1, -0.05) is 0 Å². The number of benzene rings is 1. The number of carbonyl (C=O) groups excluding carboxylic acids is 1. The number of hydrogen-bond acceptors (Lipinski definition) is 2. The summed E-state index contributed by atoms with van der Waals surface area (Å²) in [7, 11) is 0. The molecule has 1 fully saturated rings. The molecule has 0 aliphatic carbocycles. The van der Waals surface area contributed by atoms with Crippen molar-refractivity contribution >= 4 is 51.9 Å². The van der Waals surface area contributed by atoms with Gasteiger partial charge in [0.15, 0.2) is 5.11 Å². The Labute approximate surface area is 154 Å². The molecule has 0 unspecified atom stereocenters. The number of nitrogens with zero attached hydrogens (tertiary/aromatic N) is 1. The lowest BCUT2D eigenvalue weighted by Crippen LogP contribution is -2.21. The number of carbonyl (C=O) groups is 1. The Morgan fingerprint density at radius 2 is 1.91 bits per heavy atom. The molecular weight excluding hydrogens is 421 g/mol. The maximum Gasteiger partial charge on any atom is 0.273 e. The van der Waals surface area contributed by atoms with Crippen molar-refractivity contribution in [3.05, 3.63) is 56.0 Å². The Morgan fingerprint density at radius 1 is 1.17 bits per heavy atom. The van der Waals surface area contributed by atoms with Crippen LogP contribution in [-0.4, -0.2) is 15.6 Å². The second-order valence-electron chi connectivity index (χ2n) is 5.56. The molecule has 0 saturated carbocycles. The third-order valence-electron chi connectivity index (χ3n) is 3.89. The Balaban J connectivity index is 2.06. The van der Waals surface area contributed by atoms with Crippen LogP contribution in [0.4, 0.5) is 0 Å². The monoisotopic (exact) mass is 437 g/mol. The van der Waals surface area contributed by atoms with E-state index in [4.69, 9.17) is 12.2 Å². The molecule has 4 nitrogen and oxygen atoms in total. The van der Waals surface area contributed by atoms with E-state index in [9.17, 15) is 4.79 Å². The van der Waals surface area contributed by atoms with Crippen LogP contribution >= 0.6 is 34.8 Å². The Hall–Kier alpha value is -1.67. The zero-order chi connectivity index (χ0) is 16.7. The normalized spacial score (nSPS) is 15.9. The Kier molecular flexibility index (Phi) is 4.29. The molecule has 1 aliphatic rings. The number of aryl methyl sites for hydroxylation is 2. The third kappa shape index (κ3) is 3.05. The van der Waals surface area contributed by atoms with E-state index in [2.05, 4.69) is 82.8 Å². The van der Waals surface area contributed by atoms with Gasteiger partial charge in [-0.25, -0.2) is 0 Å². The summed E-state index contributed by atoms with van der Waals surface area (Å²) in [5.74, 6) is -0.190. The molecule has 6 heteroatoms. The summed E-state index contributed by atoms with van der Waals surface area (Å²) >= 11 is 7.30. The summed E-state index contributed by atoms with van der Waals surface area (Å²) in [6.45, 7) is 6.23. The lowest BCUT2D eigenvalue weighted by atomic mass is 10.2. The number of rotatable bonds is 2. The maximum absolute atomic E-state index is 11.8. The zero-order valence-electron chi connectivity index (χ0n) is 13.0. The minimum Gasteiger partial charge on any atom is -0.328 e. The van der Waals surface area contributed by atoms with Crippen LogP contribution < -0.4 is 10.6 Å². The number of thiocarbonyl (C=S) groups is 1. The predicted molar refractivity (Wildman–Crippen MR) is 105 cm³/mol. The minimum atomic E-state index is -0.190. The van der Waals surface area contributed by atoms with E-state index < -0.39 is 0 Å². The minimum absolute atomic E-state index is 0.190. The summed E-state index contributed by atoms with van der Waals surface area (Å²) in [6.07, 6.45) is 1.84. The first-order valence-corrected chi connectivity index (χ1v) is 8.65. The van der Waals surface area contributed by atoms with E-state index in [1.165, 1.54) is 9.13 Å². The first-order chi connectivity index (χ1) is 10.9. The fourth-order valence-electron chi connectivity index (χ4n) is 2.74. The largest absolute Gasteiger partial charge is 0.328 e. The molecule has 1 aliphatic heterocycles. The van der Waals surface area contributed by atoms with Crippen molar-refractivity contribution in [3.63, 3.8) is 0 Å². The van der Waals surface area contributed by atoms with Crippen LogP contribution in [0.15, 0.2) is 30.0 Å². The molecule has 1 saturated heterocycles. The third-order valence-corrected chi connectivity index (χ3v) is 5.30. The first kappa shape index (κ1) is 16.2. The quantitative estimate of drug-likeness (QED) is 0.431. The molecule has 0 atom stereocenters. The highest BCUT2D eigenvalue weighted by Crippen LogP contribution is 2.25. The van der Waals surface area contributed by atoms with Crippen molar-refractivity contribution in [1.82, 2.24) is 15.2 Å². The molecule has 1 aromatic heterocycles. The van der Waals surface area contributed by atoms with Crippen LogP contribution in [0.3, 0.4) is 0 Å². The van der Waals surface area contributed by atoms with Gasteiger partial charge in [0.25, 0.3) is 5.91 Å². The van der Waals surface area contributed by atoms with E-state index in [0.717, 1.165) is 22.6 Å². The molecule has 0 radical (unpaired) electrons. The fraction of sp³-hybridized carbons (Fsp3) is 0.176. The van der Waals surface area contributed by atoms with E-state index >= 15 is 0 Å². The van der Waals surface area contributed by atoms with Crippen LogP contribution in [0.25, 0.3) is 11.8 Å². The molecule has 3 rings (SSSR count). The molecule has 118 valence electrons. The molecule has 23 heavy (non-hydrogen) atoms. The van der Waals surface area contributed by atoms with Crippen molar-refractivity contribution in [2.45, 2.75) is 20.8 Å². The van der Waals surface area contributed by atoms with Crippen LogP contribution in [0.2, 0.25) is 0 Å². The Morgan fingerprint density at radius 3 is 2.52 bits per heavy atom. The lowest BCUT2D eigenvalue weighted by molar-refractivity contribution is -0.115. The highest BCUT2D eigenvalue weighted by molar-refractivity contribution is 14.1. The van der Waals surface area contributed by atoms with E-state index in [1.54, 1.807) is 0 Å². The van der Waals surface area contributed by atoms with Crippen molar-refractivity contribution < 1.29 is 4.79 Å². The molecule has 2 aromatic rings. The number of halogens is 1. The van der Waals surface area contributed by atoms with Crippen molar-refractivity contribution in [2.24, 2.45) is 0 Å². The number of amides is 1. The van der Waals surface area contributed by atoms with Gasteiger partial charge in [0, 0.05) is 20.6 Å². The van der Waals surface area contributed by atoms with E-state index in [0.29, 0.717) is 10.8 Å². The molecular formula is C17H16IN3OS. The molecule has 2 heterocycles. The predicted octanol–water partition coefficient (Wildman–Crippen LogP) is 3.35. The van der Waals surface area contributed by atoms with Gasteiger partial charge in [0.05, 0.1) is 0 Å². The van der Waals surface area contributed by atoms with Gasteiger partial charge in [0.1, 0.15) is 5.70 Å². The van der Waals surface area contributed by atoms with Crippen LogP contribution in [0, 0.1) is 24.3 Å². The highest BCUT2D eigenvalue weighted by Gasteiger charge is 2.21. The summed E-state index contributed by atoms with van der Waals surface area (Å²) in [5.41, 5.74) is 6.06.